The summed E-state index contributed by atoms with van der Waals surface area (Å²) in [6.07, 6.45) is 1.80. The van der Waals surface area contributed by atoms with Crippen LogP contribution >= 0.6 is 11.6 Å². The lowest BCUT2D eigenvalue weighted by atomic mass is 9.97. The van der Waals surface area contributed by atoms with Gasteiger partial charge in [0.25, 0.3) is 0 Å². The molecule has 0 aliphatic heterocycles. The lowest BCUT2D eigenvalue weighted by Gasteiger charge is -2.22. The Hall–Kier alpha value is -2.34. The number of halogens is 4. The quantitative estimate of drug-likeness (QED) is 0.259. The average molecular weight is 522 g/mol. The highest BCUT2D eigenvalue weighted by atomic mass is 35.5. The van der Waals surface area contributed by atoms with Crippen LogP contribution in [-0.4, -0.2) is 37.1 Å². The van der Waals surface area contributed by atoms with Crippen LogP contribution in [0, 0.1) is 0 Å². The first-order valence-corrected chi connectivity index (χ1v) is 12.3. The molecule has 0 radical (unpaired) electrons. The van der Waals surface area contributed by atoms with Crippen LogP contribution in [-0.2, 0) is 27.7 Å². The fourth-order valence-electron chi connectivity index (χ4n) is 3.34. The zero-order chi connectivity index (χ0) is 25.5. The molecular formula is C22H27ClF3N3O4S. The number of nitrogens with one attached hydrogen (secondary N) is 3. The Bertz CT molecular complexity index is 1080. The van der Waals surface area contributed by atoms with Crippen molar-refractivity contribution in [2.45, 2.75) is 57.1 Å². The van der Waals surface area contributed by atoms with Gasteiger partial charge in [-0.1, -0.05) is 36.7 Å². The van der Waals surface area contributed by atoms with E-state index in [1.807, 2.05) is 19.9 Å². The molecular weight excluding hydrogens is 495 g/mol. The van der Waals surface area contributed by atoms with E-state index in [1.165, 1.54) is 29.0 Å². The summed E-state index contributed by atoms with van der Waals surface area (Å²) >= 11 is 6.28. The van der Waals surface area contributed by atoms with Crippen molar-refractivity contribution in [2.75, 3.05) is 4.72 Å². The highest BCUT2D eigenvalue weighted by Gasteiger charge is 2.46. The van der Waals surface area contributed by atoms with Crippen LogP contribution in [0.2, 0.25) is 5.02 Å². The second-order valence-corrected chi connectivity index (χ2v) is 10.1. The second kappa shape index (κ2) is 11.9. The third-order valence-electron chi connectivity index (χ3n) is 5.11. The molecule has 2 unspecified atom stereocenters. The fraction of sp³-hybridized carbons (Fsp3) is 0.409. The average Bonchev–Trinajstić information content (AvgIpc) is 2.73. The largest absolute Gasteiger partial charge is 0.516 e. The van der Waals surface area contributed by atoms with Crippen molar-refractivity contribution in [3.05, 3.63) is 64.2 Å². The summed E-state index contributed by atoms with van der Waals surface area (Å²) in [4.78, 5) is 11.7. The normalized spacial score (nSPS) is 13.9. The van der Waals surface area contributed by atoms with Gasteiger partial charge >= 0.3 is 15.5 Å². The molecule has 1 amide bonds. The Morgan fingerprint density at radius 1 is 1.09 bits per heavy atom. The summed E-state index contributed by atoms with van der Waals surface area (Å²) in [5.74, 6) is -0.510. The van der Waals surface area contributed by atoms with Gasteiger partial charge in [0.1, 0.15) is 0 Å². The Morgan fingerprint density at radius 3 is 2.26 bits per heavy atom. The Kier molecular flexibility index (Phi) is 9.74. The number of hydrogen-bond acceptors (Lipinski definition) is 5. The zero-order valence-electron chi connectivity index (χ0n) is 18.6. The number of amides is 1. The van der Waals surface area contributed by atoms with Gasteiger partial charge in [-0.3, -0.25) is 14.7 Å². The second-order valence-electron chi connectivity index (χ2n) is 8.01. The van der Waals surface area contributed by atoms with Gasteiger partial charge in [0.15, 0.2) is 0 Å². The van der Waals surface area contributed by atoms with Crippen molar-refractivity contribution < 1.29 is 31.6 Å². The number of sulfonamides is 1. The van der Waals surface area contributed by atoms with Crippen LogP contribution in [0.3, 0.4) is 0 Å². The molecule has 0 aliphatic carbocycles. The molecule has 2 aromatic carbocycles. The van der Waals surface area contributed by atoms with Gasteiger partial charge in [-0.15, -0.1) is 0 Å². The van der Waals surface area contributed by atoms with Crippen LogP contribution in [0.15, 0.2) is 42.5 Å². The smallest absolute Gasteiger partial charge is 0.311 e. The highest BCUT2D eigenvalue weighted by molar-refractivity contribution is 7.93. The first-order valence-electron chi connectivity index (χ1n) is 10.5. The van der Waals surface area contributed by atoms with E-state index in [2.05, 4.69) is 5.32 Å². The van der Waals surface area contributed by atoms with Crippen molar-refractivity contribution in [3.8, 4) is 0 Å². The predicted octanol–water partition coefficient (Wildman–Crippen LogP) is 4.39. The van der Waals surface area contributed by atoms with Gasteiger partial charge in [0.2, 0.25) is 5.91 Å². The number of benzene rings is 2. The van der Waals surface area contributed by atoms with E-state index in [-0.39, 0.29) is 24.2 Å². The molecule has 0 spiro atoms. The molecule has 2 rings (SSSR count). The SMILES string of the molecule is CCC(C)NC(CC(=O)NO)Cc1cc(Cl)cc(Cc2ccc(NS(=O)(=O)C(F)(F)F)cc2)c1. The minimum atomic E-state index is -5.48. The van der Waals surface area contributed by atoms with Crippen LogP contribution < -0.4 is 15.5 Å². The van der Waals surface area contributed by atoms with Gasteiger partial charge in [-0.2, -0.15) is 21.6 Å². The van der Waals surface area contributed by atoms with E-state index in [0.717, 1.165) is 23.1 Å². The number of carbonyl (C=O) groups excluding carboxylic acids is 1. The molecule has 0 aliphatic rings. The molecule has 2 aromatic rings. The molecule has 0 saturated heterocycles. The minimum absolute atomic E-state index is 0.0674. The van der Waals surface area contributed by atoms with Crippen molar-refractivity contribution in [3.63, 3.8) is 0 Å². The summed E-state index contributed by atoms with van der Waals surface area (Å²) in [6.45, 7) is 4.00. The third kappa shape index (κ3) is 8.46. The number of hydrogen-bond donors (Lipinski definition) is 4. The Labute approximate surface area is 201 Å². The first kappa shape index (κ1) is 27.9. The van der Waals surface area contributed by atoms with E-state index < -0.39 is 21.4 Å². The maximum absolute atomic E-state index is 12.5. The number of anilines is 1. The van der Waals surface area contributed by atoms with Crippen LogP contribution in [0.1, 0.15) is 43.4 Å². The van der Waals surface area contributed by atoms with Crippen molar-refractivity contribution in [1.82, 2.24) is 10.8 Å². The molecule has 2 atom stereocenters. The monoisotopic (exact) mass is 521 g/mol. The minimum Gasteiger partial charge on any atom is -0.311 e. The molecule has 4 N–H and O–H groups in total. The maximum Gasteiger partial charge on any atom is 0.516 e. The standard InChI is InChI=1S/C22H27ClF3N3O4S/c1-3-14(2)27-20(13-21(30)28-31)12-17-9-16(10-18(23)11-17)8-15-4-6-19(7-5-15)29-34(32,33)22(24,25)26/h4-7,9-11,14,20,27,29,31H,3,8,12-13H2,1-2H3,(H,28,30). The molecule has 188 valence electrons. The number of carbonyl (C=O) groups is 1. The van der Waals surface area contributed by atoms with Crippen molar-refractivity contribution in [2.24, 2.45) is 0 Å². The summed E-state index contributed by atoms with van der Waals surface area (Å²) in [5.41, 5.74) is -1.52. The van der Waals surface area contributed by atoms with E-state index >= 15 is 0 Å². The first-order chi connectivity index (χ1) is 15.8. The summed E-state index contributed by atoms with van der Waals surface area (Å²) < 4.78 is 61.6. The van der Waals surface area contributed by atoms with Gasteiger partial charge in [-0.25, -0.2) is 5.48 Å². The fourth-order valence-corrected chi connectivity index (χ4v) is 4.18. The predicted molar refractivity (Wildman–Crippen MR) is 124 cm³/mol. The number of alkyl halides is 3. The Balaban J connectivity index is 2.15. The lowest BCUT2D eigenvalue weighted by Crippen LogP contribution is -2.41. The van der Waals surface area contributed by atoms with Gasteiger partial charge in [-0.05, 0) is 67.1 Å². The zero-order valence-corrected chi connectivity index (χ0v) is 20.2. The molecule has 0 heterocycles. The molecule has 0 fully saturated rings. The van der Waals surface area contributed by atoms with Crippen molar-refractivity contribution in [1.29, 1.82) is 0 Å². The maximum atomic E-state index is 12.5. The molecule has 34 heavy (non-hydrogen) atoms. The lowest BCUT2D eigenvalue weighted by molar-refractivity contribution is -0.129. The van der Waals surface area contributed by atoms with Crippen LogP contribution in [0.5, 0.6) is 0 Å². The van der Waals surface area contributed by atoms with Gasteiger partial charge < -0.3 is 5.32 Å². The molecule has 7 nitrogen and oxygen atoms in total. The van der Waals surface area contributed by atoms with E-state index in [4.69, 9.17) is 16.8 Å². The third-order valence-corrected chi connectivity index (χ3v) is 6.44. The molecule has 12 heteroatoms. The van der Waals surface area contributed by atoms with E-state index in [0.29, 0.717) is 17.9 Å². The van der Waals surface area contributed by atoms with E-state index in [9.17, 15) is 26.4 Å². The van der Waals surface area contributed by atoms with Crippen LogP contribution in [0.25, 0.3) is 0 Å². The van der Waals surface area contributed by atoms with Gasteiger partial charge in [0.05, 0.1) is 0 Å². The van der Waals surface area contributed by atoms with E-state index in [1.54, 1.807) is 17.6 Å². The molecule has 0 bridgehead atoms. The Morgan fingerprint density at radius 2 is 1.71 bits per heavy atom. The summed E-state index contributed by atoms with van der Waals surface area (Å²) in [6, 6.07) is 10.9. The summed E-state index contributed by atoms with van der Waals surface area (Å²) in [7, 11) is -5.48. The van der Waals surface area contributed by atoms with Crippen LogP contribution in [0.4, 0.5) is 18.9 Å². The van der Waals surface area contributed by atoms with Crippen molar-refractivity contribution >= 4 is 33.2 Å². The summed E-state index contributed by atoms with van der Waals surface area (Å²) in [5, 5.41) is 12.7. The number of rotatable bonds is 11. The topological polar surface area (TPSA) is 108 Å². The van der Waals surface area contributed by atoms with Gasteiger partial charge in [0, 0.05) is 29.2 Å². The highest BCUT2D eigenvalue weighted by Crippen LogP contribution is 2.26. The molecule has 0 aromatic heterocycles. The number of hydroxylamine groups is 1. The molecule has 0 saturated carbocycles.